The Kier molecular flexibility index (Phi) is 7.57. The topological polar surface area (TPSA) is 113 Å². The van der Waals surface area contributed by atoms with Crippen molar-refractivity contribution in [3.8, 4) is 5.75 Å². The minimum absolute atomic E-state index is 0.0201. The summed E-state index contributed by atoms with van der Waals surface area (Å²) in [6, 6.07) is 4.47. The van der Waals surface area contributed by atoms with Crippen molar-refractivity contribution in [2.75, 3.05) is 31.6 Å². The number of anilines is 1. The van der Waals surface area contributed by atoms with Crippen LogP contribution in [0, 0.1) is 11.8 Å². The highest BCUT2D eigenvalue weighted by Crippen LogP contribution is 2.38. The highest BCUT2D eigenvalue weighted by molar-refractivity contribution is 7.89. The molecule has 2 saturated heterocycles. The Morgan fingerprint density at radius 3 is 2.29 bits per heavy atom. The van der Waals surface area contributed by atoms with Crippen LogP contribution in [-0.2, 0) is 24.4 Å². The first-order valence-corrected chi connectivity index (χ1v) is 13.7. The molecule has 3 aliphatic rings. The molecule has 0 bridgehead atoms. The van der Waals surface area contributed by atoms with E-state index in [1.54, 1.807) is 13.0 Å². The molecule has 10 heteroatoms. The van der Waals surface area contributed by atoms with Gasteiger partial charge in [-0.05, 0) is 50.8 Å². The van der Waals surface area contributed by atoms with Gasteiger partial charge >= 0.3 is 0 Å². The number of imide groups is 1. The molecule has 34 heavy (non-hydrogen) atoms. The number of hydrogen-bond acceptors (Lipinski definition) is 6. The molecule has 3 fully saturated rings. The summed E-state index contributed by atoms with van der Waals surface area (Å²) in [6.45, 7) is 3.13. The van der Waals surface area contributed by atoms with Gasteiger partial charge in [-0.15, -0.1) is 0 Å². The first-order valence-electron chi connectivity index (χ1n) is 12.2. The molecular weight excluding hydrogens is 458 g/mol. The van der Waals surface area contributed by atoms with Gasteiger partial charge in [0.25, 0.3) is 0 Å². The molecule has 2 aliphatic heterocycles. The summed E-state index contributed by atoms with van der Waals surface area (Å²) in [6.07, 6.45) is 5.97. The van der Waals surface area contributed by atoms with Crippen molar-refractivity contribution < 1.29 is 27.5 Å². The summed E-state index contributed by atoms with van der Waals surface area (Å²) in [4.78, 5) is 39.4. The zero-order valence-electron chi connectivity index (χ0n) is 19.6. The second-order valence-corrected chi connectivity index (χ2v) is 11.1. The van der Waals surface area contributed by atoms with Crippen molar-refractivity contribution in [2.45, 2.75) is 63.2 Å². The van der Waals surface area contributed by atoms with Crippen LogP contribution in [0.5, 0.6) is 5.75 Å². The number of hydrogen-bond donors (Lipinski definition) is 1. The maximum absolute atomic E-state index is 13.1. The van der Waals surface area contributed by atoms with Crippen LogP contribution in [-0.4, -0.2) is 61.6 Å². The van der Waals surface area contributed by atoms with E-state index in [4.69, 9.17) is 4.74 Å². The Balaban J connectivity index is 1.45. The standard InChI is InChI=1S/C24H33N3O6S/c1-2-33-21-11-10-17(34(31,32)26-13-6-3-7-14-26)16-20(21)25-22(28)12-15-27-23(29)18-8-4-5-9-19(18)24(27)30/h10-11,16,18-19H,2-9,12-15H2,1H3,(H,25,28)/t18-,19-/m1/s1. The zero-order valence-corrected chi connectivity index (χ0v) is 20.4. The highest BCUT2D eigenvalue weighted by Gasteiger charge is 2.47. The average molecular weight is 492 g/mol. The van der Waals surface area contributed by atoms with Gasteiger partial charge in [0.1, 0.15) is 5.75 Å². The van der Waals surface area contributed by atoms with Crippen molar-refractivity contribution in [3.05, 3.63) is 18.2 Å². The van der Waals surface area contributed by atoms with E-state index in [9.17, 15) is 22.8 Å². The predicted octanol–water partition coefficient (Wildman–Crippen LogP) is 2.76. The smallest absolute Gasteiger partial charge is 0.243 e. The van der Waals surface area contributed by atoms with Crippen molar-refractivity contribution in [1.29, 1.82) is 0 Å². The SMILES string of the molecule is CCOc1ccc(S(=O)(=O)N2CCCCC2)cc1NC(=O)CCN1C(=O)[C@@H]2CCCC[C@H]2C1=O. The van der Waals surface area contributed by atoms with Crippen molar-refractivity contribution in [1.82, 2.24) is 9.21 Å². The molecule has 0 unspecified atom stereocenters. The molecular formula is C24H33N3O6S. The minimum atomic E-state index is -3.68. The Hall–Kier alpha value is -2.46. The monoisotopic (exact) mass is 491 g/mol. The maximum atomic E-state index is 13.1. The van der Waals surface area contributed by atoms with Gasteiger partial charge in [-0.1, -0.05) is 19.3 Å². The molecule has 0 radical (unpaired) electrons. The Labute approximate surface area is 200 Å². The summed E-state index contributed by atoms with van der Waals surface area (Å²) < 4.78 is 33.2. The molecule has 1 aliphatic carbocycles. The third kappa shape index (κ3) is 4.98. The largest absolute Gasteiger partial charge is 0.492 e. The maximum Gasteiger partial charge on any atom is 0.243 e. The number of carbonyl (C=O) groups excluding carboxylic acids is 3. The first kappa shape index (κ1) is 24.7. The van der Waals surface area contributed by atoms with Crippen molar-refractivity contribution >= 4 is 33.4 Å². The van der Waals surface area contributed by atoms with E-state index >= 15 is 0 Å². The number of fused-ring (bicyclic) bond motifs is 1. The average Bonchev–Trinajstić information content (AvgIpc) is 3.09. The lowest BCUT2D eigenvalue weighted by Gasteiger charge is -2.26. The Morgan fingerprint density at radius 1 is 1.03 bits per heavy atom. The minimum Gasteiger partial charge on any atom is -0.492 e. The summed E-state index contributed by atoms with van der Waals surface area (Å²) >= 11 is 0. The molecule has 1 aromatic carbocycles. The molecule has 0 aromatic heterocycles. The van der Waals surface area contributed by atoms with Gasteiger partial charge in [0, 0.05) is 26.1 Å². The number of likely N-dealkylation sites (tertiary alicyclic amines) is 1. The van der Waals surface area contributed by atoms with E-state index in [1.165, 1.54) is 21.3 Å². The highest BCUT2D eigenvalue weighted by atomic mass is 32.2. The van der Waals surface area contributed by atoms with E-state index in [1.807, 2.05) is 0 Å². The van der Waals surface area contributed by atoms with Crippen LogP contribution < -0.4 is 10.1 Å². The normalized spacial score (nSPS) is 23.6. The predicted molar refractivity (Wildman–Crippen MR) is 126 cm³/mol. The van der Waals surface area contributed by atoms with Gasteiger partial charge in [0.15, 0.2) is 0 Å². The number of carbonyl (C=O) groups is 3. The summed E-state index contributed by atoms with van der Waals surface area (Å²) in [5, 5.41) is 2.73. The lowest BCUT2D eigenvalue weighted by molar-refractivity contribution is -0.140. The van der Waals surface area contributed by atoms with Crippen LogP contribution in [0.4, 0.5) is 5.69 Å². The number of nitrogens with one attached hydrogen (secondary N) is 1. The fourth-order valence-electron chi connectivity index (χ4n) is 5.18. The van der Waals surface area contributed by atoms with Gasteiger partial charge < -0.3 is 10.1 Å². The number of ether oxygens (including phenoxy) is 1. The number of piperidine rings is 1. The second-order valence-electron chi connectivity index (χ2n) is 9.18. The van der Waals surface area contributed by atoms with E-state index in [2.05, 4.69) is 5.32 Å². The molecule has 2 heterocycles. The molecule has 1 aromatic rings. The fraction of sp³-hybridized carbons (Fsp3) is 0.625. The Morgan fingerprint density at radius 2 is 1.68 bits per heavy atom. The van der Waals surface area contributed by atoms with Crippen LogP contribution in [0.25, 0.3) is 0 Å². The lowest BCUT2D eigenvalue weighted by atomic mass is 9.81. The molecule has 4 rings (SSSR count). The summed E-state index contributed by atoms with van der Waals surface area (Å²) in [5.74, 6) is -0.882. The van der Waals surface area contributed by atoms with Crippen LogP contribution in [0.3, 0.4) is 0 Å². The number of rotatable bonds is 8. The molecule has 2 atom stereocenters. The van der Waals surface area contributed by atoms with Gasteiger partial charge in [-0.3, -0.25) is 19.3 Å². The second kappa shape index (κ2) is 10.4. The molecule has 9 nitrogen and oxygen atoms in total. The molecule has 1 saturated carbocycles. The number of sulfonamides is 1. The first-order chi connectivity index (χ1) is 16.3. The zero-order chi connectivity index (χ0) is 24.3. The van der Waals surface area contributed by atoms with E-state index in [0.717, 1.165) is 44.9 Å². The molecule has 1 N–H and O–H groups in total. The fourth-order valence-corrected chi connectivity index (χ4v) is 6.72. The van der Waals surface area contributed by atoms with E-state index < -0.39 is 15.9 Å². The van der Waals surface area contributed by atoms with Gasteiger partial charge in [0.05, 0.1) is 29.0 Å². The number of nitrogens with zero attached hydrogens (tertiary/aromatic N) is 2. The lowest BCUT2D eigenvalue weighted by Crippen LogP contribution is -2.35. The van der Waals surface area contributed by atoms with Gasteiger partial charge in [-0.25, -0.2) is 8.42 Å². The van der Waals surface area contributed by atoms with Crippen LogP contribution >= 0.6 is 0 Å². The molecule has 3 amide bonds. The third-order valence-electron chi connectivity index (χ3n) is 6.97. The summed E-state index contributed by atoms with van der Waals surface area (Å²) in [7, 11) is -3.68. The number of benzene rings is 1. The number of amides is 3. The quantitative estimate of drug-likeness (QED) is 0.560. The Bertz CT molecular complexity index is 1030. The van der Waals surface area contributed by atoms with Gasteiger partial charge in [-0.2, -0.15) is 4.31 Å². The van der Waals surface area contributed by atoms with Crippen LogP contribution in [0.2, 0.25) is 0 Å². The van der Waals surface area contributed by atoms with Crippen LogP contribution in [0.1, 0.15) is 58.3 Å². The summed E-state index contributed by atoms with van der Waals surface area (Å²) in [5.41, 5.74) is 0.262. The third-order valence-corrected chi connectivity index (χ3v) is 8.87. The molecule has 0 spiro atoms. The van der Waals surface area contributed by atoms with Crippen molar-refractivity contribution in [3.63, 3.8) is 0 Å². The van der Waals surface area contributed by atoms with E-state index in [0.29, 0.717) is 25.4 Å². The van der Waals surface area contributed by atoms with Crippen LogP contribution in [0.15, 0.2) is 23.1 Å². The van der Waals surface area contributed by atoms with E-state index in [-0.39, 0.29) is 47.2 Å². The molecule has 186 valence electrons. The van der Waals surface area contributed by atoms with Gasteiger partial charge in [0.2, 0.25) is 27.7 Å². The van der Waals surface area contributed by atoms with Crippen molar-refractivity contribution in [2.24, 2.45) is 11.8 Å².